The maximum Gasteiger partial charge on any atom is 0.263 e. The molecule has 7 nitrogen and oxygen atoms in total. The van der Waals surface area contributed by atoms with Crippen LogP contribution < -0.4 is 15.8 Å². The molecule has 9 heteroatoms. The Morgan fingerprint density at radius 1 is 1.15 bits per heavy atom. The van der Waals surface area contributed by atoms with Gasteiger partial charge in [0, 0.05) is 42.7 Å². The van der Waals surface area contributed by atoms with Crippen LogP contribution >= 0.6 is 0 Å². The molecule has 2 atom stereocenters. The van der Waals surface area contributed by atoms with E-state index in [2.05, 4.69) is 35.3 Å². The van der Waals surface area contributed by atoms with Crippen molar-refractivity contribution < 1.29 is 13.9 Å². The third kappa shape index (κ3) is 5.46. The van der Waals surface area contributed by atoms with Gasteiger partial charge in [0.15, 0.2) is 0 Å². The Morgan fingerprint density at radius 3 is 2.54 bits per heavy atom. The zero-order valence-corrected chi connectivity index (χ0v) is 24.7. The lowest BCUT2D eigenvalue weighted by molar-refractivity contribution is -0.0853. The molecule has 2 aromatic carbocycles. The summed E-state index contributed by atoms with van der Waals surface area (Å²) in [6.07, 6.45) is 3.40. The first-order valence-electron chi connectivity index (χ1n) is 15.0. The maximum atomic E-state index is 15.1. The van der Waals surface area contributed by atoms with E-state index < -0.39 is 17.8 Å². The number of alkyl halides is 2. The molecular formula is C32H43F2N5O2. The molecule has 2 fully saturated rings. The van der Waals surface area contributed by atoms with Crippen LogP contribution in [0.5, 0.6) is 5.75 Å². The van der Waals surface area contributed by atoms with Gasteiger partial charge in [-0.15, -0.1) is 0 Å². The van der Waals surface area contributed by atoms with E-state index in [0.717, 1.165) is 43.6 Å². The fourth-order valence-electron chi connectivity index (χ4n) is 7.11. The Morgan fingerprint density at radius 2 is 1.90 bits per heavy atom. The van der Waals surface area contributed by atoms with Gasteiger partial charge in [-0.3, -0.25) is 14.3 Å². The number of hydrogen-bond acceptors (Lipinski definition) is 6. The van der Waals surface area contributed by atoms with E-state index in [1.165, 1.54) is 0 Å². The quantitative estimate of drug-likeness (QED) is 0.385. The molecule has 0 saturated carbocycles. The number of phenolic OH excluding ortho intramolecular Hbond substituents is 1. The zero-order valence-electron chi connectivity index (χ0n) is 24.7. The number of halogens is 2. The highest BCUT2D eigenvalue weighted by Crippen LogP contribution is 2.43. The second-order valence-corrected chi connectivity index (χ2v) is 11.9. The van der Waals surface area contributed by atoms with Crippen molar-refractivity contribution in [2.75, 3.05) is 45.2 Å². The van der Waals surface area contributed by atoms with Crippen LogP contribution in [0.2, 0.25) is 0 Å². The van der Waals surface area contributed by atoms with Gasteiger partial charge in [-0.1, -0.05) is 25.5 Å². The summed E-state index contributed by atoms with van der Waals surface area (Å²) < 4.78 is 31.8. The Hall–Kier alpha value is -3.04. The summed E-state index contributed by atoms with van der Waals surface area (Å²) in [5.74, 6) is -3.41. The minimum atomic E-state index is -2.85. The molecular weight excluding hydrogens is 524 g/mol. The minimum absolute atomic E-state index is 0.160. The molecule has 5 rings (SSSR count). The Balaban J connectivity index is 1.47. The number of phenols is 1. The second-order valence-electron chi connectivity index (χ2n) is 11.9. The number of nitrogens with one attached hydrogen (secondary N) is 1. The van der Waals surface area contributed by atoms with E-state index in [-0.39, 0.29) is 23.4 Å². The minimum Gasteiger partial charge on any atom is -0.508 e. The lowest BCUT2D eigenvalue weighted by atomic mass is 9.79. The third-order valence-corrected chi connectivity index (χ3v) is 9.43. The van der Waals surface area contributed by atoms with Crippen molar-refractivity contribution in [2.45, 2.75) is 69.9 Å². The fraction of sp³-hybridized carbons (Fsp3) is 0.562. The van der Waals surface area contributed by atoms with Gasteiger partial charge >= 0.3 is 0 Å². The van der Waals surface area contributed by atoms with Crippen molar-refractivity contribution in [3.05, 3.63) is 64.2 Å². The van der Waals surface area contributed by atoms with Crippen molar-refractivity contribution in [1.29, 1.82) is 0 Å². The lowest BCUT2D eigenvalue weighted by Crippen LogP contribution is -2.50. The van der Waals surface area contributed by atoms with Crippen LogP contribution in [0, 0.1) is 5.92 Å². The van der Waals surface area contributed by atoms with Gasteiger partial charge < -0.3 is 15.3 Å². The number of hydrogen-bond donors (Lipinski definition) is 2. The maximum absolute atomic E-state index is 15.1. The number of nitrogens with zero attached hydrogens (tertiary/aromatic N) is 4. The Bertz CT molecular complexity index is 1430. The zero-order chi connectivity index (χ0) is 29.4. The molecule has 222 valence electrons. The van der Waals surface area contributed by atoms with Gasteiger partial charge in [0.25, 0.3) is 11.5 Å². The number of anilines is 1. The summed E-state index contributed by atoms with van der Waals surface area (Å²) in [7, 11) is 4.16. The number of rotatable bonds is 8. The summed E-state index contributed by atoms with van der Waals surface area (Å²) >= 11 is 0. The molecule has 0 aliphatic carbocycles. The molecule has 0 spiro atoms. The second kappa shape index (κ2) is 11.7. The molecule has 3 aromatic rings. The topological polar surface area (TPSA) is 73.6 Å². The number of fused-ring (bicyclic) bond motifs is 1. The molecule has 41 heavy (non-hydrogen) atoms. The van der Waals surface area contributed by atoms with E-state index in [4.69, 9.17) is 4.98 Å². The van der Waals surface area contributed by atoms with Crippen LogP contribution in [-0.4, -0.2) is 65.8 Å². The highest BCUT2D eigenvalue weighted by atomic mass is 19.3. The first-order chi connectivity index (χ1) is 19.6. The SMILES string of the molecule is CCC[C@H](c1nc2ccc(N3CCC(c4cccc(O)c4)(N(C)C)CC3)cc2c(=O)n1CC)[C@H]1CCNCC1(F)F. The Kier molecular flexibility index (Phi) is 8.39. The molecule has 0 radical (unpaired) electrons. The van der Waals surface area contributed by atoms with Crippen LogP contribution in [0.3, 0.4) is 0 Å². The number of aromatic nitrogens is 2. The molecule has 2 aliphatic heterocycles. The third-order valence-electron chi connectivity index (χ3n) is 9.43. The molecule has 2 saturated heterocycles. The van der Waals surface area contributed by atoms with Gasteiger partial charge in [0.1, 0.15) is 11.6 Å². The fourth-order valence-corrected chi connectivity index (χ4v) is 7.11. The molecule has 2 N–H and O–H groups in total. The summed E-state index contributed by atoms with van der Waals surface area (Å²) in [4.78, 5) is 23.3. The molecule has 2 aliphatic rings. The van der Waals surface area contributed by atoms with Crippen LogP contribution in [-0.2, 0) is 12.1 Å². The van der Waals surface area contributed by atoms with Crippen LogP contribution in [0.25, 0.3) is 10.9 Å². The van der Waals surface area contributed by atoms with Crippen LogP contribution in [0.15, 0.2) is 47.3 Å². The van der Waals surface area contributed by atoms with Crippen molar-refractivity contribution in [3.8, 4) is 5.75 Å². The average Bonchev–Trinajstić information content (AvgIpc) is 2.96. The predicted octanol–water partition coefficient (Wildman–Crippen LogP) is 5.31. The molecule has 0 amide bonds. The van der Waals surface area contributed by atoms with Crippen molar-refractivity contribution in [3.63, 3.8) is 0 Å². The Labute approximate surface area is 241 Å². The highest BCUT2D eigenvalue weighted by molar-refractivity contribution is 5.82. The van der Waals surface area contributed by atoms with Crippen LogP contribution in [0.4, 0.5) is 14.5 Å². The monoisotopic (exact) mass is 567 g/mol. The first-order valence-corrected chi connectivity index (χ1v) is 15.0. The van der Waals surface area contributed by atoms with Crippen molar-refractivity contribution in [2.24, 2.45) is 5.92 Å². The summed E-state index contributed by atoms with van der Waals surface area (Å²) in [5, 5.41) is 13.5. The highest BCUT2D eigenvalue weighted by Gasteiger charge is 2.47. The van der Waals surface area contributed by atoms with E-state index >= 15 is 8.78 Å². The van der Waals surface area contributed by atoms with Crippen molar-refractivity contribution >= 4 is 16.6 Å². The van der Waals surface area contributed by atoms with Gasteiger partial charge in [-0.05, 0) is 89.1 Å². The number of benzene rings is 2. The largest absolute Gasteiger partial charge is 0.508 e. The molecule has 3 heterocycles. The predicted molar refractivity (Wildman–Crippen MR) is 160 cm³/mol. The number of piperidine rings is 2. The summed E-state index contributed by atoms with van der Waals surface area (Å²) in [6.45, 7) is 6.06. The summed E-state index contributed by atoms with van der Waals surface area (Å²) in [6, 6.07) is 13.3. The lowest BCUT2D eigenvalue weighted by Gasteiger charge is -2.47. The van der Waals surface area contributed by atoms with Crippen molar-refractivity contribution in [1.82, 2.24) is 19.8 Å². The average molecular weight is 568 g/mol. The molecule has 1 aromatic heterocycles. The smallest absolute Gasteiger partial charge is 0.263 e. The molecule has 0 bridgehead atoms. The van der Waals surface area contributed by atoms with E-state index in [0.29, 0.717) is 42.7 Å². The van der Waals surface area contributed by atoms with E-state index in [1.807, 2.05) is 44.2 Å². The summed E-state index contributed by atoms with van der Waals surface area (Å²) in [5.41, 5.74) is 2.28. The molecule has 0 unspecified atom stereocenters. The normalized spacial score (nSPS) is 21.3. The van der Waals surface area contributed by atoms with Gasteiger partial charge in [0.2, 0.25) is 0 Å². The van der Waals surface area contributed by atoms with E-state index in [9.17, 15) is 9.90 Å². The van der Waals surface area contributed by atoms with E-state index in [1.54, 1.807) is 10.6 Å². The number of aromatic hydroxyl groups is 1. The first kappa shape index (κ1) is 29.5. The van der Waals surface area contributed by atoms with Gasteiger partial charge in [-0.2, -0.15) is 0 Å². The van der Waals surface area contributed by atoms with Gasteiger partial charge in [-0.25, -0.2) is 13.8 Å². The standard InChI is InChI=1S/C32H43F2N5O2/c1-5-8-25(27-13-16-35-21-32(27,33)34)29-36-28-12-11-23(20-26(28)30(41)39(29)6-2)38-17-14-31(15-18-38,37(3)4)22-9-7-10-24(40)19-22/h7,9-12,19-20,25,27,35,40H,5-6,8,13-18,21H2,1-4H3/t25-,27+/m0/s1. The van der Waals surface area contributed by atoms with Crippen LogP contribution in [0.1, 0.15) is 63.3 Å². The van der Waals surface area contributed by atoms with Gasteiger partial charge in [0.05, 0.1) is 17.4 Å².